The van der Waals surface area contributed by atoms with Gasteiger partial charge in [-0.2, -0.15) is 0 Å². The number of nitrogens with zero attached hydrogens (tertiary/aromatic N) is 1. The summed E-state index contributed by atoms with van der Waals surface area (Å²) in [5, 5.41) is 13.0. The molecule has 2 heterocycles. The Balaban J connectivity index is 2.17. The van der Waals surface area contributed by atoms with E-state index in [0.717, 1.165) is 38.9 Å². The zero-order valence-electron chi connectivity index (χ0n) is 10.2. The van der Waals surface area contributed by atoms with E-state index < -0.39 is 11.5 Å². The first kappa shape index (κ1) is 11.9. The number of carbonyl (C=O) groups is 1. The van der Waals surface area contributed by atoms with Gasteiger partial charge in [-0.1, -0.05) is 6.92 Å². The molecule has 0 aromatic carbocycles. The van der Waals surface area contributed by atoms with E-state index in [1.807, 2.05) is 0 Å². The maximum Gasteiger partial charge on any atom is 0.324 e. The lowest BCUT2D eigenvalue weighted by Gasteiger charge is -2.42. The van der Waals surface area contributed by atoms with E-state index >= 15 is 0 Å². The van der Waals surface area contributed by atoms with E-state index in [0.29, 0.717) is 0 Å². The van der Waals surface area contributed by atoms with Crippen LogP contribution in [0.3, 0.4) is 0 Å². The topological polar surface area (TPSA) is 52.6 Å². The first-order chi connectivity index (χ1) is 7.58. The number of fused-ring (bicyclic) bond motifs is 2. The van der Waals surface area contributed by atoms with Crippen LogP contribution in [0.1, 0.15) is 33.1 Å². The number of hydrogen-bond acceptors (Lipinski definition) is 3. The molecule has 2 rings (SSSR count). The fourth-order valence-electron chi connectivity index (χ4n) is 3.05. The summed E-state index contributed by atoms with van der Waals surface area (Å²) in [4.78, 5) is 14.0. The first-order valence-electron chi connectivity index (χ1n) is 6.32. The molecule has 92 valence electrons. The predicted molar refractivity (Wildman–Crippen MR) is 62.4 cm³/mol. The Hall–Kier alpha value is -0.610. The van der Waals surface area contributed by atoms with Crippen LogP contribution in [0.5, 0.6) is 0 Å². The van der Waals surface area contributed by atoms with Gasteiger partial charge in [-0.15, -0.1) is 0 Å². The monoisotopic (exact) mass is 226 g/mol. The van der Waals surface area contributed by atoms with Gasteiger partial charge in [0.15, 0.2) is 0 Å². The van der Waals surface area contributed by atoms with Crippen LogP contribution in [0, 0.1) is 5.92 Å². The fourth-order valence-corrected chi connectivity index (χ4v) is 3.05. The average molecular weight is 226 g/mol. The van der Waals surface area contributed by atoms with Crippen molar-refractivity contribution in [1.29, 1.82) is 0 Å². The number of carboxylic acids is 1. The lowest BCUT2D eigenvalue weighted by molar-refractivity contribution is -0.149. The van der Waals surface area contributed by atoms with Gasteiger partial charge in [-0.25, -0.2) is 0 Å². The Morgan fingerprint density at radius 2 is 2.38 bits per heavy atom. The summed E-state index contributed by atoms with van der Waals surface area (Å²) in [7, 11) is 0. The molecule has 2 aliphatic rings. The number of aliphatic carboxylic acids is 1. The molecule has 16 heavy (non-hydrogen) atoms. The van der Waals surface area contributed by atoms with E-state index in [9.17, 15) is 9.90 Å². The van der Waals surface area contributed by atoms with Crippen molar-refractivity contribution in [3.63, 3.8) is 0 Å². The van der Waals surface area contributed by atoms with Crippen LogP contribution in [0.25, 0.3) is 0 Å². The van der Waals surface area contributed by atoms with Crippen molar-refractivity contribution < 1.29 is 9.90 Å². The van der Waals surface area contributed by atoms with Gasteiger partial charge in [-0.05, 0) is 32.7 Å². The Kier molecular flexibility index (Phi) is 3.22. The molecule has 0 amide bonds. The summed E-state index contributed by atoms with van der Waals surface area (Å²) in [6, 6.07) is 0.281. The Labute approximate surface area is 97.0 Å². The van der Waals surface area contributed by atoms with E-state index in [-0.39, 0.29) is 12.0 Å². The molecule has 4 unspecified atom stereocenters. The van der Waals surface area contributed by atoms with Crippen molar-refractivity contribution >= 4 is 5.97 Å². The molecule has 4 atom stereocenters. The molecule has 2 N–H and O–H groups in total. The van der Waals surface area contributed by atoms with Crippen molar-refractivity contribution in [2.75, 3.05) is 19.6 Å². The maximum absolute atomic E-state index is 11.6. The SMILES string of the molecule is CCC(C)NC1(C(=O)O)CCN2CCC1C2. The highest BCUT2D eigenvalue weighted by Gasteiger charge is 2.51. The smallest absolute Gasteiger partial charge is 0.324 e. The average Bonchev–Trinajstić information content (AvgIpc) is 2.66. The van der Waals surface area contributed by atoms with Crippen molar-refractivity contribution in [2.45, 2.75) is 44.7 Å². The molecular formula is C12H22N2O2. The van der Waals surface area contributed by atoms with Crippen LogP contribution in [0.4, 0.5) is 0 Å². The summed E-state index contributed by atoms with van der Waals surface area (Å²) in [5.74, 6) is -0.368. The molecule has 0 spiro atoms. The summed E-state index contributed by atoms with van der Waals surface area (Å²) < 4.78 is 0. The van der Waals surface area contributed by atoms with Gasteiger partial charge in [-0.3, -0.25) is 10.1 Å². The summed E-state index contributed by atoms with van der Waals surface area (Å²) in [6.07, 6.45) is 2.75. The molecule has 0 aromatic rings. The third kappa shape index (κ3) is 1.84. The second-order valence-electron chi connectivity index (χ2n) is 5.27. The minimum Gasteiger partial charge on any atom is -0.480 e. The molecular weight excluding hydrogens is 204 g/mol. The van der Waals surface area contributed by atoms with Crippen LogP contribution < -0.4 is 5.32 Å². The second-order valence-corrected chi connectivity index (χ2v) is 5.27. The standard InChI is InChI=1S/C12H22N2O2/c1-3-9(2)13-12(11(15)16)5-7-14-6-4-10(12)8-14/h9-10,13H,3-8H2,1-2H3,(H,15,16). The number of rotatable bonds is 4. The largest absolute Gasteiger partial charge is 0.480 e. The molecule has 0 aliphatic carbocycles. The summed E-state index contributed by atoms with van der Waals surface area (Å²) >= 11 is 0. The maximum atomic E-state index is 11.6. The highest BCUT2D eigenvalue weighted by Crippen LogP contribution is 2.36. The van der Waals surface area contributed by atoms with Crippen molar-refractivity contribution in [2.24, 2.45) is 5.92 Å². The van der Waals surface area contributed by atoms with Gasteiger partial charge in [0.1, 0.15) is 5.54 Å². The highest BCUT2D eigenvalue weighted by atomic mass is 16.4. The fraction of sp³-hybridized carbons (Fsp3) is 0.917. The summed E-state index contributed by atoms with van der Waals surface area (Å²) in [5.41, 5.74) is -0.664. The number of hydrogen-bond donors (Lipinski definition) is 2. The third-order valence-electron chi connectivity index (χ3n) is 4.29. The Bertz CT molecular complexity index is 282. The lowest BCUT2D eigenvalue weighted by atomic mass is 9.78. The van der Waals surface area contributed by atoms with Crippen LogP contribution in [-0.2, 0) is 4.79 Å². The minimum absolute atomic E-state index is 0.281. The molecule has 2 aliphatic heterocycles. The van der Waals surface area contributed by atoms with E-state index in [1.54, 1.807) is 0 Å². The van der Waals surface area contributed by atoms with Crippen molar-refractivity contribution in [1.82, 2.24) is 10.2 Å². The van der Waals surface area contributed by atoms with Gasteiger partial charge in [0, 0.05) is 25.0 Å². The van der Waals surface area contributed by atoms with Crippen LogP contribution >= 0.6 is 0 Å². The molecule has 0 saturated carbocycles. The Morgan fingerprint density at radius 1 is 1.62 bits per heavy atom. The van der Waals surface area contributed by atoms with E-state index in [1.165, 1.54) is 0 Å². The predicted octanol–water partition coefficient (Wildman–Crippen LogP) is 0.923. The highest BCUT2D eigenvalue weighted by molar-refractivity contribution is 5.79. The van der Waals surface area contributed by atoms with Gasteiger partial charge >= 0.3 is 5.97 Å². The molecule has 4 nitrogen and oxygen atoms in total. The molecule has 4 heteroatoms. The van der Waals surface area contributed by atoms with Gasteiger partial charge in [0.05, 0.1) is 0 Å². The number of carboxylic acid groups (broad SMARTS) is 1. The van der Waals surface area contributed by atoms with E-state index in [4.69, 9.17) is 0 Å². The van der Waals surface area contributed by atoms with Crippen LogP contribution in [-0.4, -0.2) is 47.2 Å². The van der Waals surface area contributed by atoms with E-state index in [2.05, 4.69) is 24.1 Å². The molecule has 2 bridgehead atoms. The molecule has 2 saturated heterocycles. The normalized spacial score (nSPS) is 39.6. The zero-order valence-corrected chi connectivity index (χ0v) is 10.2. The molecule has 0 aromatic heterocycles. The number of nitrogens with one attached hydrogen (secondary N) is 1. The van der Waals surface area contributed by atoms with Crippen molar-refractivity contribution in [3.8, 4) is 0 Å². The first-order valence-corrected chi connectivity index (χ1v) is 6.32. The van der Waals surface area contributed by atoms with Gasteiger partial charge < -0.3 is 10.0 Å². The van der Waals surface area contributed by atoms with Gasteiger partial charge in [0.25, 0.3) is 0 Å². The Morgan fingerprint density at radius 3 is 3.00 bits per heavy atom. The van der Waals surface area contributed by atoms with Crippen LogP contribution in [0.2, 0.25) is 0 Å². The number of piperidine rings is 1. The van der Waals surface area contributed by atoms with Crippen molar-refractivity contribution in [3.05, 3.63) is 0 Å². The quantitative estimate of drug-likeness (QED) is 0.748. The van der Waals surface area contributed by atoms with Crippen LogP contribution in [0.15, 0.2) is 0 Å². The summed E-state index contributed by atoms with van der Waals surface area (Å²) in [6.45, 7) is 7.12. The third-order valence-corrected chi connectivity index (χ3v) is 4.29. The lowest BCUT2D eigenvalue weighted by Crippen LogP contribution is -2.63. The molecule has 2 fully saturated rings. The van der Waals surface area contributed by atoms with Gasteiger partial charge in [0.2, 0.25) is 0 Å². The second kappa shape index (κ2) is 4.34. The minimum atomic E-state index is -0.664. The molecule has 0 radical (unpaired) electrons. The zero-order chi connectivity index (χ0) is 11.8.